The molecule has 0 saturated heterocycles. The van der Waals surface area contributed by atoms with Crippen LogP contribution in [0.2, 0.25) is 0 Å². The van der Waals surface area contributed by atoms with Gasteiger partial charge in [-0.05, 0) is 12.1 Å². The highest BCUT2D eigenvalue weighted by Crippen LogP contribution is 1.96. The molecule has 1 N–H and O–H groups in total. The summed E-state index contributed by atoms with van der Waals surface area (Å²) < 4.78 is 3.72. The monoisotopic (exact) mass is 176 g/mol. The molecule has 0 aliphatic carbocycles. The first-order valence-corrected chi connectivity index (χ1v) is 4.19. The number of nitrogens with zero attached hydrogens (tertiary/aromatic N) is 3. The van der Waals surface area contributed by atoms with Crippen molar-refractivity contribution in [2.45, 2.75) is 6.54 Å². The molecule has 0 bridgehead atoms. The van der Waals surface area contributed by atoms with Crippen LogP contribution < -0.4 is 5.43 Å². The van der Waals surface area contributed by atoms with Crippen molar-refractivity contribution in [1.82, 2.24) is 14.5 Å². The molecule has 4 heteroatoms. The molecule has 2 aromatic heterocycles. The van der Waals surface area contributed by atoms with E-state index in [1.165, 1.54) is 5.56 Å². The van der Waals surface area contributed by atoms with E-state index in [1.54, 1.807) is 4.68 Å². The molecule has 0 radical (unpaired) electrons. The molecule has 0 unspecified atom stereocenters. The van der Waals surface area contributed by atoms with Crippen molar-refractivity contribution in [2.75, 3.05) is 5.43 Å². The van der Waals surface area contributed by atoms with Crippen molar-refractivity contribution in [3.8, 4) is 0 Å². The van der Waals surface area contributed by atoms with Crippen LogP contribution in [0.3, 0.4) is 0 Å². The topological polar surface area (TPSA) is 34.8 Å². The van der Waals surface area contributed by atoms with E-state index < -0.39 is 0 Å². The lowest BCUT2D eigenvalue weighted by molar-refractivity contribution is 0.766. The van der Waals surface area contributed by atoms with Gasteiger partial charge in [-0.1, -0.05) is 0 Å². The molecule has 0 spiro atoms. The van der Waals surface area contributed by atoms with Gasteiger partial charge in [-0.25, -0.2) is 0 Å². The fourth-order valence-electron chi connectivity index (χ4n) is 1.19. The van der Waals surface area contributed by atoms with E-state index in [2.05, 4.69) is 10.5 Å². The van der Waals surface area contributed by atoms with Crippen molar-refractivity contribution in [1.29, 1.82) is 0 Å². The number of rotatable bonds is 3. The maximum atomic E-state index is 4.08. The zero-order chi connectivity index (χ0) is 9.10. The highest BCUT2D eigenvalue weighted by Gasteiger charge is 1.94. The predicted molar refractivity (Wildman–Crippen MR) is 50.7 cm³/mol. The first-order chi connectivity index (χ1) is 6.34. The minimum absolute atomic E-state index is 0.794. The van der Waals surface area contributed by atoms with E-state index in [9.17, 15) is 0 Å². The largest absolute Gasteiger partial charge is 0.322 e. The summed E-state index contributed by atoms with van der Waals surface area (Å²) in [7, 11) is 1.92. The maximum absolute atomic E-state index is 4.08. The van der Waals surface area contributed by atoms with Crippen LogP contribution in [-0.4, -0.2) is 14.5 Å². The van der Waals surface area contributed by atoms with Gasteiger partial charge in [0.05, 0.1) is 12.7 Å². The Morgan fingerprint density at radius 3 is 2.77 bits per heavy atom. The molecule has 68 valence electrons. The number of hydrogen-bond donors (Lipinski definition) is 1. The Morgan fingerprint density at radius 2 is 2.15 bits per heavy atom. The number of aromatic nitrogens is 3. The molecular weight excluding hydrogens is 164 g/mol. The van der Waals surface area contributed by atoms with Gasteiger partial charge >= 0.3 is 0 Å². The molecule has 0 amide bonds. The summed E-state index contributed by atoms with van der Waals surface area (Å²) in [5.41, 5.74) is 4.39. The Balaban J connectivity index is 1.93. The lowest BCUT2D eigenvalue weighted by atomic mass is 10.4. The second-order valence-electron chi connectivity index (χ2n) is 2.95. The molecular formula is C9H12N4. The number of aryl methyl sites for hydroxylation is 1. The van der Waals surface area contributed by atoms with Crippen molar-refractivity contribution in [3.05, 3.63) is 42.5 Å². The van der Waals surface area contributed by atoms with Gasteiger partial charge in [0.25, 0.3) is 0 Å². The first kappa shape index (κ1) is 7.91. The summed E-state index contributed by atoms with van der Waals surface area (Å²) in [5.74, 6) is 0. The summed E-state index contributed by atoms with van der Waals surface area (Å²) in [5, 5.41) is 4.08. The second kappa shape index (κ2) is 3.35. The molecule has 0 aliphatic rings. The molecule has 0 atom stereocenters. The van der Waals surface area contributed by atoms with Gasteiger partial charge in [-0.2, -0.15) is 5.10 Å². The van der Waals surface area contributed by atoms with Crippen LogP contribution in [0.15, 0.2) is 36.9 Å². The molecule has 4 nitrogen and oxygen atoms in total. The van der Waals surface area contributed by atoms with Crippen molar-refractivity contribution < 1.29 is 0 Å². The lowest BCUT2D eigenvalue weighted by Crippen LogP contribution is -2.11. The third kappa shape index (κ3) is 1.90. The average Bonchev–Trinajstić information content (AvgIpc) is 2.71. The van der Waals surface area contributed by atoms with Crippen molar-refractivity contribution in [2.24, 2.45) is 7.05 Å². The fourth-order valence-corrected chi connectivity index (χ4v) is 1.19. The molecule has 0 fully saturated rings. The van der Waals surface area contributed by atoms with Crippen LogP contribution in [-0.2, 0) is 13.6 Å². The highest BCUT2D eigenvalue weighted by atomic mass is 15.4. The van der Waals surface area contributed by atoms with Gasteiger partial charge in [-0.15, -0.1) is 0 Å². The van der Waals surface area contributed by atoms with Gasteiger partial charge in [-0.3, -0.25) is 9.36 Å². The van der Waals surface area contributed by atoms with Crippen LogP contribution in [0.5, 0.6) is 0 Å². The number of hydrogen-bond acceptors (Lipinski definition) is 2. The predicted octanol–water partition coefficient (Wildman–Crippen LogP) is 0.965. The Morgan fingerprint density at radius 1 is 1.38 bits per heavy atom. The number of nitrogens with one attached hydrogen (secondary N) is 1. The van der Waals surface area contributed by atoms with E-state index in [4.69, 9.17) is 0 Å². The molecule has 2 heterocycles. The van der Waals surface area contributed by atoms with E-state index in [-0.39, 0.29) is 0 Å². The Kier molecular flexibility index (Phi) is 2.04. The van der Waals surface area contributed by atoms with Gasteiger partial charge in [0.1, 0.15) is 0 Å². The second-order valence-corrected chi connectivity index (χ2v) is 2.95. The summed E-state index contributed by atoms with van der Waals surface area (Å²) in [6.45, 7) is 0.794. The van der Waals surface area contributed by atoms with Gasteiger partial charge < -0.3 is 5.43 Å². The van der Waals surface area contributed by atoms with E-state index in [1.807, 2.05) is 48.6 Å². The maximum Gasteiger partial charge on any atom is 0.0595 e. The normalized spacial score (nSPS) is 10.2. The minimum Gasteiger partial charge on any atom is -0.322 e. The smallest absolute Gasteiger partial charge is 0.0595 e. The molecule has 2 aromatic rings. The standard InChI is InChI=1S/C9H12N4/c1-12-8-9(6-10-12)7-11-13-4-2-3-5-13/h2-6,8,11H,7H2,1H3. The van der Waals surface area contributed by atoms with Crippen molar-refractivity contribution >= 4 is 0 Å². The Labute approximate surface area is 76.8 Å². The van der Waals surface area contributed by atoms with Gasteiger partial charge in [0.15, 0.2) is 0 Å². The molecule has 2 rings (SSSR count). The minimum atomic E-state index is 0.794. The zero-order valence-electron chi connectivity index (χ0n) is 7.51. The highest BCUT2D eigenvalue weighted by molar-refractivity contribution is 5.06. The van der Waals surface area contributed by atoms with Crippen LogP contribution in [0.25, 0.3) is 0 Å². The fraction of sp³-hybridized carbons (Fsp3) is 0.222. The van der Waals surface area contributed by atoms with E-state index in [0.29, 0.717) is 0 Å². The van der Waals surface area contributed by atoms with E-state index >= 15 is 0 Å². The van der Waals surface area contributed by atoms with Crippen LogP contribution in [0.4, 0.5) is 0 Å². The SMILES string of the molecule is Cn1cc(CNn2cccc2)cn1. The summed E-state index contributed by atoms with van der Waals surface area (Å²) in [6.07, 6.45) is 7.79. The third-order valence-electron chi connectivity index (χ3n) is 1.83. The van der Waals surface area contributed by atoms with E-state index in [0.717, 1.165) is 6.54 Å². The zero-order valence-corrected chi connectivity index (χ0v) is 7.51. The Hall–Kier alpha value is -1.71. The van der Waals surface area contributed by atoms with Gasteiger partial charge in [0.2, 0.25) is 0 Å². The first-order valence-electron chi connectivity index (χ1n) is 4.19. The Bertz CT molecular complexity index is 361. The third-order valence-corrected chi connectivity index (χ3v) is 1.83. The quantitative estimate of drug-likeness (QED) is 0.756. The summed E-state index contributed by atoms with van der Waals surface area (Å²) in [6, 6.07) is 3.96. The molecule has 0 aromatic carbocycles. The van der Waals surface area contributed by atoms with Crippen LogP contribution >= 0.6 is 0 Å². The van der Waals surface area contributed by atoms with Crippen LogP contribution in [0, 0.1) is 0 Å². The van der Waals surface area contributed by atoms with Gasteiger partial charge in [0, 0.05) is 31.2 Å². The van der Waals surface area contributed by atoms with Crippen molar-refractivity contribution in [3.63, 3.8) is 0 Å². The van der Waals surface area contributed by atoms with Crippen LogP contribution in [0.1, 0.15) is 5.56 Å². The summed E-state index contributed by atoms with van der Waals surface area (Å²) in [4.78, 5) is 0. The summed E-state index contributed by atoms with van der Waals surface area (Å²) >= 11 is 0. The molecule has 0 aliphatic heterocycles. The molecule has 13 heavy (non-hydrogen) atoms. The molecule has 0 saturated carbocycles. The lowest BCUT2D eigenvalue weighted by Gasteiger charge is -2.04. The average molecular weight is 176 g/mol.